The van der Waals surface area contributed by atoms with E-state index in [1.165, 1.54) is 0 Å². The summed E-state index contributed by atoms with van der Waals surface area (Å²) < 4.78 is 0. The Morgan fingerprint density at radius 1 is 0.800 bits per heavy atom. The molecule has 2 nitrogen and oxygen atoms in total. The minimum absolute atomic E-state index is 0. The second-order valence-electron chi connectivity index (χ2n) is 0. The van der Waals surface area contributed by atoms with Gasteiger partial charge in [-0.1, -0.05) is 0 Å². The zero-order valence-corrected chi connectivity index (χ0v) is 6.85. The van der Waals surface area contributed by atoms with Gasteiger partial charge in [0.25, 0.3) is 0 Å². The van der Waals surface area contributed by atoms with Gasteiger partial charge in [-0.05, 0) is 0 Å². The fourth-order valence-electron chi connectivity index (χ4n) is 0. The van der Waals surface area contributed by atoms with Gasteiger partial charge in [-0.3, -0.25) is 0 Å². The zero-order valence-electron chi connectivity index (χ0n) is 2.90. The molecular formula is H10N2P2Rh. The molecular weight excluding hydrogens is 193 g/mol. The Morgan fingerprint density at radius 3 is 0.800 bits per heavy atom. The summed E-state index contributed by atoms with van der Waals surface area (Å²) in [4.78, 5) is 0. The van der Waals surface area contributed by atoms with Crippen molar-refractivity contribution in [2.75, 3.05) is 0 Å². The van der Waals surface area contributed by atoms with E-state index >= 15 is 0 Å². The third-order valence-electron chi connectivity index (χ3n) is 0. The monoisotopic (exact) mass is 203 g/mol. The first-order chi connectivity index (χ1) is 1.00. The molecule has 0 heterocycles. The van der Waals surface area contributed by atoms with Crippen LogP contribution in [0.5, 0.6) is 0 Å². The van der Waals surface area contributed by atoms with Gasteiger partial charge < -0.3 is 12.3 Å². The van der Waals surface area contributed by atoms with Crippen LogP contribution in [0.4, 0.5) is 0 Å². The van der Waals surface area contributed by atoms with Crippen LogP contribution in [0.2, 0.25) is 0 Å². The van der Waals surface area contributed by atoms with Gasteiger partial charge in [-0.15, -0.1) is 17.9 Å². The molecule has 0 spiro atoms. The second-order valence-corrected chi connectivity index (χ2v) is 0. The molecule has 0 amide bonds. The predicted molar refractivity (Wildman–Crippen MR) is 29.5 cm³/mol. The number of hydrogen-bond acceptors (Lipinski definition) is 2. The molecule has 0 aliphatic heterocycles. The first-order valence-electron chi connectivity index (χ1n) is 0.333. The average Bonchev–Trinajstić information content (AvgIpc) is 1.00. The van der Waals surface area contributed by atoms with E-state index in [4.69, 9.17) is 0 Å². The Balaban J connectivity index is -0.00000000167. The molecule has 0 aliphatic rings. The van der Waals surface area contributed by atoms with E-state index in [1.807, 2.05) is 0 Å². The normalized spacial score (nSPS) is 1.20. The van der Waals surface area contributed by atoms with E-state index in [9.17, 15) is 0 Å². The maximum Gasteiger partial charge on any atom is 0 e. The summed E-state index contributed by atoms with van der Waals surface area (Å²) in [7, 11) is 4.67. The maximum absolute atomic E-state index is 2.33. The minimum Gasteiger partial charge on any atom is -0.344 e. The van der Waals surface area contributed by atoms with Gasteiger partial charge in [0.15, 0.2) is 0 Å². The Hall–Kier alpha value is 1.40. The van der Waals surface area contributed by atoms with Gasteiger partial charge in [0, 0.05) is 19.5 Å². The van der Waals surface area contributed by atoms with Gasteiger partial charge in [0.05, 0.1) is 0 Å². The molecule has 5 heteroatoms. The Labute approximate surface area is 50.1 Å². The van der Waals surface area contributed by atoms with Crippen LogP contribution in [0, 0.1) is 0 Å². The summed E-state index contributed by atoms with van der Waals surface area (Å²) in [6.07, 6.45) is 0. The van der Waals surface area contributed by atoms with Gasteiger partial charge >= 0.3 is 0 Å². The molecule has 0 bridgehead atoms. The number of hydrogen-bond donors (Lipinski definition) is 2. The molecule has 0 aromatic carbocycles. The van der Waals surface area contributed by atoms with Crippen molar-refractivity contribution in [2.24, 2.45) is 0 Å². The maximum atomic E-state index is 2.33. The average molecular weight is 203 g/mol. The summed E-state index contributed by atoms with van der Waals surface area (Å²) in [5.74, 6) is 0. The Bertz CT molecular complexity index is 7.61. The largest absolute Gasteiger partial charge is 0.344 e. The molecule has 0 rings (SSSR count). The topological polar surface area (TPSA) is 70.0 Å². The van der Waals surface area contributed by atoms with Crippen LogP contribution in [0.3, 0.4) is 0 Å². The van der Waals surface area contributed by atoms with E-state index in [2.05, 4.69) is 17.9 Å². The molecule has 0 aromatic rings. The third kappa shape index (κ3) is 31.8. The summed E-state index contributed by atoms with van der Waals surface area (Å²) in [5.41, 5.74) is 0. The molecule has 0 fully saturated rings. The van der Waals surface area contributed by atoms with E-state index < -0.39 is 0 Å². The van der Waals surface area contributed by atoms with Crippen LogP contribution in [0.15, 0.2) is 0 Å². The van der Waals surface area contributed by atoms with Crippen LogP contribution in [0.1, 0.15) is 0 Å². The van der Waals surface area contributed by atoms with E-state index in [1.54, 1.807) is 0 Å². The van der Waals surface area contributed by atoms with Crippen LogP contribution in [-0.2, 0) is 19.5 Å². The minimum atomic E-state index is 0. The molecule has 0 aromatic heterocycles. The Morgan fingerprint density at radius 2 is 0.800 bits per heavy atom. The van der Waals surface area contributed by atoms with Crippen LogP contribution < -0.4 is 12.3 Å². The number of rotatable bonds is 0. The van der Waals surface area contributed by atoms with Crippen molar-refractivity contribution >= 4 is 17.9 Å². The van der Waals surface area contributed by atoms with Crippen molar-refractivity contribution < 1.29 is 19.5 Å². The molecule has 39 valence electrons. The van der Waals surface area contributed by atoms with Gasteiger partial charge in [0.2, 0.25) is 0 Å². The standard InChI is InChI=1S/2H3N.H4P2.Rh/c;;1-2;/h2*1H3;1-2H2;. The molecule has 2 atom stereocenters. The van der Waals surface area contributed by atoms with Crippen molar-refractivity contribution in [1.82, 2.24) is 12.3 Å². The summed E-state index contributed by atoms with van der Waals surface area (Å²) >= 11 is 0. The molecule has 0 saturated carbocycles. The van der Waals surface area contributed by atoms with Crippen LogP contribution in [-0.4, -0.2) is 0 Å². The van der Waals surface area contributed by atoms with Crippen molar-refractivity contribution in [2.45, 2.75) is 0 Å². The van der Waals surface area contributed by atoms with Crippen molar-refractivity contribution in [1.29, 1.82) is 0 Å². The second kappa shape index (κ2) is 53.2. The molecule has 5 heavy (non-hydrogen) atoms. The summed E-state index contributed by atoms with van der Waals surface area (Å²) in [6.45, 7) is 0. The van der Waals surface area contributed by atoms with Crippen molar-refractivity contribution in [3.63, 3.8) is 0 Å². The molecule has 0 saturated heterocycles. The summed E-state index contributed by atoms with van der Waals surface area (Å²) in [6, 6.07) is 0. The molecule has 1 radical (unpaired) electrons. The molecule has 6 N–H and O–H groups in total. The van der Waals surface area contributed by atoms with E-state index in [-0.39, 0.29) is 31.8 Å². The quantitative estimate of drug-likeness (QED) is 0.454. The fraction of sp³-hybridized carbons (Fsp3) is 0. The first kappa shape index (κ1) is 32.4. The van der Waals surface area contributed by atoms with Gasteiger partial charge in [-0.25, -0.2) is 0 Å². The molecule has 2 unspecified atom stereocenters. The van der Waals surface area contributed by atoms with Gasteiger partial charge in [-0.2, -0.15) is 0 Å². The van der Waals surface area contributed by atoms with Crippen molar-refractivity contribution in [3.8, 4) is 0 Å². The Kier molecular flexibility index (Phi) is 344. The zero-order chi connectivity index (χ0) is 2.00. The summed E-state index contributed by atoms with van der Waals surface area (Å²) in [5, 5.41) is 0. The van der Waals surface area contributed by atoms with E-state index in [0.29, 0.717) is 0 Å². The first-order valence-corrected chi connectivity index (χ1v) is 3.00. The third-order valence-corrected chi connectivity index (χ3v) is 0. The molecule has 0 aliphatic carbocycles. The van der Waals surface area contributed by atoms with Crippen molar-refractivity contribution in [3.05, 3.63) is 0 Å². The van der Waals surface area contributed by atoms with Crippen LogP contribution >= 0.6 is 17.9 Å². The predicted octanol–water partition coefficient (Wildman–Crippen LogP) is 0.973. The van der Waals surface area contributed by atoms with Crippen LogP contribution in [0.25, 0.3) is 0 Å². The smallest absolute Gasteiger partial charge is 0 e. The SMILES string of the molecule is N.N.PP.[Rh]. The fourth-order valence-corrected chi connectivity index (χ4v) is 0. The van der Waals surface area contributed by atoms with E-state index in [0.717, 1.165) is 0 Å². The van der Waals surface area contributed by atoms with Gasteiger partial charge in [0.1, 0.15) is 0 Å².